The zero-order valence-corrected chi connectivity index (χ0v) is 13.0. The first-order valence-corrected chi connectivity index (χ1v) is 7.69. The van der Waals surface area contributed by atoms with Crippen LogP contribution in [0, 0.1) is 0 Å². The molecule has 1 fully saturated rings. The van der Waals surface area contributed by atoms with Crippen molar-refractivity contribution in [2.24, 2.45) is 0 Å². The number of esters is 1. The van der Waals surface area contributed by atoms with Gasteiger partial charge in [-0.1, -0.05) is 6.92 Å². The summed E-state index contributed by atoms with van der Waals surface area (Å²) in [6, 6.07) is 0.306. The molecule has 7 heteroatoms. The van der Waals surface area contributed by atoms with Gasteiger partial charge >= 0.3 is 5.97 Å². The molecule has 0 aromatic heterocycles. The van der Waals surface area contributed by atoms with Gasteiger partial charge in [-0.15, -0.1) is 11.8 Å². The van der Waals surface area contributed by atoms with Gasteiger partial charge in [0.2, 0.25) is 11.8 Å². The van der Waals surface area contributed by atoms with Crippen LogP contribution in [0.5, 0.6) is 0 Å². The lowest BCUT2D eigenvalue weighted by Crippen LogP contribution is -2.40. The quantitative estimate of drug-likeness (QED) is 0.657. The number of methoxy groups -OCH3 is 1. The molecule has 0 aliphatic heterocycles. The van der Waals surface area contributed by atoms with E-state index < -0.39 is 0 Å². The number of hydrogen-bond donors (Lipinski definition) is 1. The van der Waals surface area contributed by atoms with Crippen molar-refractivity contribution in [3.63, 3.8) is 0 Å². The maximum Gasteiger partial charge on any atom is 0.306 e. The molecule has 0 bridgehead atoms. The number of nitrogens with zero attached hydrogens (tertiary/aromatic N) is 1. The molecule has 0 heterocycles. The van der Waals surface area contributed by atoms with Crippen LogP contribution in [0.2, 0.25) is 0 Å². The third kappa shape index (κ3) is 6.79. The molecule has 0 saturated heterocycles. The highest BCUT2D eigenvalue weighted by molar-refractivity contribution is 8.00. The molecule has 20 heavy (non-hydrogen) atoms. The summed E-state index contributed by atoms with van der Waals surface area (Å²) >= 11 is 1.39. The Hall–Kier alpha value is -1.24. The molecule has 1 rings (SSSR count). The van der Waals surface area contributed by atoms with Crippen molar-refractivity contribution >= 4 is 29.5 Å². The van der Waals surface area contributed by atoms with Crippen molar-refractivity contribution in [1.29, 1.82) is 0 Å². The molecule has 0 aromatic carbocycles. The molecule has 1 saturated carbocycles. The predicted molar refractivity (Wildman–Crippen MR) is 77.4 cm³/mol. The second-order valence-electron chi connectivity index (χ2n) is 4.99. The molecule has 1 unspecified atom stereocenters. The van der Waals surface area contributed by atoms with Crippen molar-refractivity contribution in [3.05, 3.63) is 0 Å². The van der Waals surface area contributed by atoms with Gasteiger partial charge in [0.25, 0.3) is 0 Å². The van der Waals surface area contributed by atoms with E-state index in [4.69, 9.17) is 0 Å². The molecule has 2 amide bonds. The zero-order valence-electron chi connectivity index (χ0n) is 12.2. The zero-order chi connectivity index (χ0) is 15.1. The Morgan fingerprint density at radius 3 is 2.60 bits per heavy atom. The highest BCUT2D eigenvalue weighted by Crippen LogP contribution is 2.18. The number of carbonyl (C=O) groups is 3. The first-order valence-electron chi connectivity index (χ1n) is 6.64. The monoisotopic (exact) mass is 302 g/mol. The van der Waals surface area contributed by atoms with Crippen molar-refractivity contribution in [2.45, 2.75) is 37.5 Å². The summed E-state index contributed by atoms with van der Waals surface area (Å²) in [6.45, 7) is 1.95. The van der Waals surface area contributed by atoms with Gasteiger partial charge < -0.3 is 15.0 Å². The summed E-state index contributed by atoms with van der Waals surface area (Å²) in [6.07, 6.45) is 2.34. The molecule has 0 spiro atoms. The lowest BCUT2D eigenvalue weighted by Gasteiger charge is -2.17. The highest BCUT2D eigenvalue weighted by atomic mass is 32.2. The lowest BCUT2D eigenvalue weighted by molar-refractivity contribution is -0.140. The lowest BCUT2D eigenvalue weighted by atomic mass is 10.3. The molecule has 0 radical (unpaired) electrons. The summed E-state index contributed by atoms with van der Waals surface area (Å²) in [7, 11) is 2.96. The maximum absolute atomic E-state index is 11.8. The number of likely N-dealkylation sites (N-methyl/N-ethyl adjacent to an activating group) is 1. The summed E-state index contributed by atoms with van der Waals surface area (Å²) in [5, 5.41) is 2.85. The molecule has 1 N–H and O–H groups in total. The van der Waals surface area contributed by atoms with E-state index in [1.807, 2.05) is 6.92 Å². The van der Waals surface area contributed by atoms with Crippen LogP contribution in [-0.4, -0.2) is 60.4 Å². The average molecular weight is 302 g/mol. The van der Waals surface area contributed by atoms with Gasteiger partial charge in [-0.2, -0.15) is 0 Å². The van der Waals surface area contributed by atoms with Crippen LogP contribution in [0.3, 0.4) is 0 Å². The normalized spacial score (nSPS) is 15.3. The molecule has 1 atom stereocenters. The van der Waals surface area contributed by atoms with Crippen LogP contribution in [0.25, 0.3) is 0 Å². The third-order valence-electron chi connectivity index (χ3n) is 2.92. The Balaban J connectivity index is 2.19. The van der Waals surface area contributed by atoms with Crippen LogP contribution >= 0.6 is 11.8 Å². The molecule has 0 aromatic rings. The number of rotatable bonds is 8. The summed E-state index contributed by atoms with van der Waals surface area (Å²) in [4.78, 5) is 35.9. The number of carbonyl (C=O) groups excluding carboxylic acids is 3. The summed E-state index contributed by atoms with van der Waals surface area (Å²) in [5.41, 5.74) is 0. The Labute approximate surface area is 123 Å². The second kappa shape index (κ2) is 8.14. The maximum atomic E-state index is 11.8. The third-order valence-corrected chi connectivity index (χ3v) is 4.07. The first-order chi connectivity index (χ1) is 9.42. The van der Waals surface area contributed by atoms with E-state index in [9.17, 15) is 14.4 Å². The minimum atomic E-state index is -0.283. The fourth-order valence-electron chi connectivity index (χ4n) is 1.51. The van der Waals surface area contributed by atoms with Crippen LogP contribution < -0.4 is 5.32 Å². The Kier molecular flexibility index (Phi) is 6.84. The summed E-state index contributed by atoms with van der Waals surface area (Å²) in [5.74, 6) is -0.256. The number of amides is 2. The van der Waals surface area contributed by atoms with Gasteiger partial charge in [-0.25, -0.2) is 0 Å². The SMILES string of the molecule is COC(=O)CC(C)SCC(=O)N(C)CC(=O)NC1CC1. The van der Waals surface area contributed by atoms with E-state index in [2.05, 4.69) is 10.1 Å². The van der Waals surface area contributed by atoms with E-state index in [1.54, 1.807) is 7.05 Å². The van der Waals surface area contributed by atoms with Gasteiger partial charge in [-0.05, 0) is 12.8 Å². The molecular weight excluding hydrogens is 280 g/mol. The molecule has 6 nitrogen and oxygen atoms in total. The number of thioether (sulfide) groups is 1. The van der Waals surface area contributed by atoms with Crippen LogP contribution in [0.1, 0.15) is 26.2 Å². The summed E-state index contributed by atoms with van der Waals surface area (Å²) < 4.78 is 4.57. The van der Waals surface area contributed by atoms with Crippen molar-refractivity contribution in [1.82, 2.24) is 10.2 Å². The average Bonchev–Trinajstić information content (AvgIpc) is 3.19. The van der Waals surface area contributed by atoms with Crippen molar-refractivity contribution in [2.75, 3.05) is 26.5 Å². The number of nitrogens with one attached hydrogen (secondary N) is 1. The van der Waals surface area contributed by atoms with Gasteiger partial charge in [0.05, 0.1) is 25.8 Å². The molecule has 114 valence electrons. The smallest absolute Gasteiger partial charge is 0.306 e. The Morgan fingerprint density at radius 1 is 1.40 bits per heavy atom. The topological polar surface area (TPSA) is 75.7 Å². The van der Waals surface area contributed by atoms with Crippen molar-refractivity contribution in [3.8, 4) is 0 Å². The highest BCUT2D eigenvalue weighted by Gasteiger charge is 2.24. The van der Waals surface area contributed by atoms with Crippen LogP contribution in [-0.2, 0) is 19.1 Å². The van der Waals surface area contributed by atoms with Crippen molar-refractivity contribution < 1.29 is 19.1 Å². The van der Waals surface area contributed by atoms with E-state index in [0.29, 0.717) is 6.04 Å². The fourth-order valence-corrected chi connectivity index (χ4v) is 2.41. The van der Waals surface area contributed by atoms with Gasteiger partial charge in [-0.3, -0.25) is 14.4 Å². The van der Waals surface area contributed by atoms with Gasteiger partial charge in [0.1, 0.15) is 0 Å². The largest absolute Gasteiger partial charge is 0.469 e. The predicted octanol–water partition coefficient (Wildman–Crippen LogP) is 0.408. The van der Waals surface area contributed by atoms with E-state index in [-0.39, 0.29) is 41.8 Å². The van der Waals surface area contributed by atoms with Crippen LogP contribution in [0.4, 0.5) is 0 Å². The molecular formula is C13H22N2O4S. The van der Waals surface area contributed by atoms with Gasteiger partial charge in [0.15, 0.2) is 0 Å². The Bertz CT molecular complexity index is 371. The number of hydrogen-bond acceptors (Lipinski definition) is 5. The van der Waals surface area contributed by atoms with E-state index >= 15 is 0 Å². The number of ether oxygens (including phenoxy) is 1. The standard InChI is InChI=1S/C13H22N2O4S/c1-9(6-13(18)19-3)20-8-12(17)15(2)7-11(16)14-10-4-5-10/h9-10H,4-8H2,1-3H3,(H,14,16). The fraction of sp³-hybridized carbons (Fsp3) is 0.769. The Morgan fingerprint density at radius 2 is 2.05 bits per heavy atom. The molecule has 1 aliphatic carbocycles. The van der Waals surface area contributed by atoms with E-state index in [0.717, 1.165) is 12.8 Å². The van der Waals surface area contributed by atoms with E-state index in [1.165, 1.54) is 23.8 Å². The second-order valence-corrected chi connectivity index (χ2v) is 6.42. The van der Waals surface area contributed by atoms with Gasteiger partial charge in [0, 0.05) is 18.3 Å². The first kappa shape index (κ1) is 16.8. The van der Waals surface area contributed by atoms with Crippen LogP contribution in [0.15, 0.2) is 0 Å². The minimum Gasteiger partial charge on any atom is -0.469 e. The minimum absolute atomic E-state index is 0.0140. The molecule has 1 aliphatic rings.